The summed E-state index contributed by atoms with van der Waals surface area (Å²) in [6.07, 6.45) is 1.65. The lowest BCUT2D eigenvalue weighted by Gasteiger charge is -2.22. The van der Waals surface area contributed by atoms with Gasteiger partial charge in [0.15, 0.2) is 0 Å². The fourth-order valence-electron chi connectivity index (χ4n) is 3.29. The maximum atomic E-state index is 13.4. The summed E-state index contributed by atoms with van der Waals surface area (Å²) >= 11 is 0. The van der Waals surface area contributed by atoms with Crippen LogP contribution >= 0.6 is 0 Å². The number of halogens is 1. The molecule has 0 aliphatic carbocycles. The summed E-state index contributed by atoms with van der Waals surface area (Å²) in [6.45, 7) is 0.402. The number of rotatable bonds is 3. The lowest BCUT2D eigenvalue weighted by molar-refractivity contribution is 0.0724. The molecule has 1 aromatic carbocycles. The zero-order valence-corrected chi connectivity index (χ0v) is 13.4. The molecule has 128 valence electrons. The Hall–Kier alpha value is -2.80. The summed E-state index contributed by atoms with van der Waals surface area (Å²) in [5.41, 5.74) is 2.06. The predicted molar refractivity (Wildman–Crippen MR) is 89.2 cm³/mol. The van der Waals surface area contributed by atoms with E-state index in [1.165, 1.54) is 12.1 Å². The van der Waals surface area contributed by atoms with Gasteiger partial charge in [-0.25, -0.2) is 14.4 Å². The molecule has 1 fully saturated rings. The zero-order valence-electron chi connectivity index (χ0n) is 13.4. The smallest absolute Gasteiger partial charge is 0.273 e. The average molecular weight is 340 g/mol. The van der Waals surface area contributed by atoms with Crippen LogP contribution in [0.5, 0.6) is 0 Å². The highest BCUT2D eigenvalue weighted by Gasteiger charge is 2.33. The van der Waals surface area contributed by atoms with E-state index in [2.05, 4.69) is 15.0 Å². The number of H-pyrrole nitrogens is 1. The summed E-state index contributed by atoms with van der Waals surface area (Å²) in [7, 11) is 0. The third-order valence-electron chi connectivity index (χ3n) is 4.48. The number of hydrogen-bond donors (Lipinski definition) is 2. The van der Waals surface area contributed by atoms with E-state index in [1.807, 2.05) is 0 Å². The van der Waals surface area contributed by atoms with Crippen molar-refractivity contribution in [2.45, 2.75) is 25.5 Å². The SMILES string of the molecule is O=C(c1cccc(CO)n1)N1CCCC1c1nc2ccc(F)cc2[nH]1. The van der Waals surface area contributed by atoms with Gasteiger partial charge in [0.1, 0.15) is 17.3 Å². The van der Waals surface area contributed by atoms with Gasteiger partial charge in [0, 0.05) is 6.54 Å². The van der Waals surface area contributed by atoms with Gasteiger partial charge in [-0.1, -0.05) is 6.07 Å². The van der Waals surface area contributed by atoms with Crippen LogP contribution in [0.1, 0.15) is 40.9 Å². The Morgan fingerprint density at radius 3 is 3.04 bits per heavy atom. The van der Waals surface area contributed by atoms with Crippen LogP contribution in [0.2, 0.25) is 0 Å². The Bertz CT molecular complexity index is 940. The van der Waals surface area contributed by atoms with Gasteiger partial charge in [-0.2, -0.15) is 0 Å². The number of hydrogen-bond acceptors (Lipinski definition) is 4. The molecule has 3 aromatic rings. The van der Waals surface area contributed by atoms with Gasteiger partial charge in [0.05, 0.1) is 29.4 Å². The normalized spacial score (nSPS) is 17.4. The number of aromatic nitrogens is 3. The maximum Gasteiger partial charge on any atom is 0.273 e. The third kappa shape index (κ3) is 2.87. The number of amides is 1. The molecule has 1 aliphatic rings. The van der Waals surface area contributed by atoms with Crippen molar-refractivity contribution in [1.29, 1.82) is 0 Å². The van der Waals surface area contributed by atoms with Crippen molar-refractivity contribution in [2.75, 3.05) is 6.54 Å². The molecule has 2 N–H and O–H groups in total. The fourth-order valence-corrected chi connectivity index (χ4v) is 3.29. The topological polar surface area (TPSA) is 82.1 Å². The molecule has 0 saturated carbocycles. The van der Waals surface area contributed by atoms with Crippen LogP contribution in [0.4, 0.5) is 4.39 Å². The molecular formula is C18H17FN4O2. The molecule has 7 heteroatoms. The fraction of sp³-hybridized carbons (Fsp3) is 0.278. The molecule has 4 rings (SSSR count). The van der Waals surface area contributed by atoms with E-state index < -0.39 is 0 Å². The molecule has 25 heavy (non-hydrogen) atoms. The number of pyridine rings is 1. The number of carbonyl (C=O) groups is 1. The van der Waals surface area contributed by atoms with Crippen molar-refractivity contribution in [1.82, 2.24) is 19.9 Å². The first-order valence-corrected chi connectivity index (χ1v) is 8.18. The van der Waals surface area contributed by atoms with Crippen molar-refractivity contribution in [3.8, 4) is 0 Å². The highest BCUT2D eigenvalue weighted by molar-refractivity contribution is 5.92. The van der Waals surface area contributed by atoms with Gasteiger partial charge in [0.25, 0.3) is 5.91 Å². The molecule has 1 aliphatic heterocycles. The molecule has 2 aromatic heterocycles. The first-order chi connectivity index (χ1) is 12.2. The molecule has 1 atom stereocenters. The summed E-state index contributed by atoms with van der Waals surface area (Å²) < 4.78 is 13.4. The average Bonchev–Trinajstić information content (AvgIpc) is 3.27. The zero-order chi connectivity index (χ0) is 17.4. The van der Waals surface area contributed by atoms with Crippen LogP contribution < -0.4 is 0 Å². The second-order valence-corrected chi connectivity index (χ2v) is 6.11. The van der Waals surface area contributed by atoms with Gasteiger partial charge in [-0.15, -0.1) is 0 Å². The second kappa shape index (κ2) is 6.25. The Morgan fingerprint density at radius 1 is 1.32 bits per heavy atom. The summed E-state index contributed by atoms with van der Waals surface area (Å²) in [6, 6.07) is 9.23. The number of carbonyl (C=O) groups excluding carboxylic acids is 1. The van der Waals surface area contributed by atoms with Crippen molar-refractivity contribution in [3.05, 3.63) is 59.4 Å². The molecule has 1 unspecified atom stereocenters. The Kier molecular flexibility index (Phi) is 3.93. The largest absolute Gasteiger partial charge is 0.390 e. The number of fused-ring (bicyclic) bond motifs is 1. The van der Waals surface area contributed by atoms with E-state index in [0.29, 0.717) is 34.8 Å². The molecule has 1 saturated heterocycles. The van der Waals surface area contributed by atoms with Crippen molar-refractivity contribution in [2.24, 2.45) is 0 Å². The van der Waals surface area contributed by atoms with Crippen LogP contribution in [0.3, 0.4) is 0 Å². The first kappa shape index (κ1) is 15.7. The molecule has 0 spiro atoms. The highest BCUT2D eigenvalue weighted by atomic mass is 19.1. The van der Waals surface area contributed by atoms with Crippen LogP contribution in [0.15, 0.2) is 36.4 Å². The van der Waals surface area contributed by atoms with Gasteiger partial charge < -0.3 is 15.0 Å². The van der Waals surface area contributed by atoms with Crippen LogP contribution in [0.25, 0.3) is 11.0 Å². The minimum absolute atomic E-state index is 0.190. The summed E-state index contributed by atoms with van der Waals surface area (Å²) in [4.78, 5) is 26.4. The van der Waals surface area contributed by atoms with Gasteiger partial charge in [-0.05, 0) is 43.2 Å². The van der Waals surface area contributed by atoms with Gasteiger partial charge in [-0.3, -0.25) is 4.79 Å². The van der Waals surface area contributed by atoms with Crippen LogP contribution in [-0.4, -0.2) is 37.4 Å². The molecule has 0 radical (unpaired) electrons. The van der Waals surface area contributed by atoms with E-state index in [-0.39, 0.29) is 24.4 Å². The maximum absolute atomic E-state index is 13.4. The molecule has 6 nitrogen and oxygen atoms in total. The van der Waals surface area contributed by atoms with Crippen LogP contribution in [0, 0.1) is 5.82 Å². The summed E-state index contributed by atoms with van der Waals surface area (Å²) in [5, 5.41) is 9.21. The Balaban J connectivity index is 1.65. The number of aromatic amines is 1. The molecular weight excluding hydrogens is 323 g/mol. The highest BCUT2D eigenvalue weighted by Crippen LogP contribution is 2.32. The quantitative estimate of drug-likeness (QED) is 0.768. The number of aliphatic hydroxyl groups excluding tert-OH is 1. The number of likely N-dealkylation sites (tertiary alicyclic amines) is 1. The summed E-state index contributed by atoms with van der Waals surface area (Å²) in [5.74, 6) is 0.140. The number of aliphatic hydroxyl groups is 1. The second-order valence-electron chi connectivity index (χ2n) is 6.11. The van der Waals surface area contributed by atoms with Crippen molar-refractivity contribution >= 4 is 16.9 Å². The van der Waals surface area contributed by atoms with E-state index in [4.69, 9.17) is 0 Å². The standard InChI is InChI=1S/C18H17FN4O2/c19-11-6-7-13-15(9-11)22-17(21-13)16-5-2-8-23(16)18(25)14-4-1-3-12(10-24)20-14/h1,3-4,6-7,9,16,24H,2,5,8,10H2,(H,21,22). The number of imidazole rings is 1. The Labute approximate surface area is 143 Å². The molecule has 3 heterocycles. The van der Waals surface area contributed by atoms with Gasteiger partial charge >= 0.3 is 0 Å². The molecule has 1 amide bonds. The minimum Gasteiger partial charge on any atom is -0.390 e. The van der Waals surface area contributed by atoms with Crippen molar-refractivity contribution < 1.29 is 14.3 Å². The first-order valence-electron chi connectivity index (χ1n) is 8.18. The monoisotopic (exact) mass is 340 g/mol. The van der Waals surface area contributed by atoms with E-state index in [0.717, 1.165) is 12.8 Å². The Morgan fingerprint density at radius 2 is 2.20 bits per heavy atom. The van der Waals surface area contributed by atoms with E-state index >= 15 is 0 Å². The lowest BCUT2D eigenvalue weighted by atomic mass is 10.2. The van der Waals surface area contributed by atoms with Gasteiger partial charge in [0.2, 0.25) is 0 Å². The third-order valence-corrected chi connectivity index (χ3v) is 4.48. The van der Waals surface area contributed by atoms with Crippen LogP contribution in [-0.2, 0) is 6.61 Å². The lowest BCUT2D eigenvalue weighted by Crippen LogP contribution is -2.31. The van der Waals surface area contributed by atoms with E-state index in [1.54, 1.807) is 29.2 Å². The predicted octanol–water partition coefficient (Wildman–Crippen LogP) is 2.57. The number of nitrogens with one attached hydrogen (secondary N) is 1. The number of nitrogens with zero attached hydrogens (tertiary/aromatic N) is 3. The molecule has 0 bridgehead atoms. The minimum atomic E-state index is -0.327. The van der Waals surface area contributed by atoms with E-state index in [9.17, 15) is 14.3 Å². The van der Waals surface area contributed by atoms with Crippen molar-refractivity contribution in [3.63, 3.8) is 0 Å². The number of benzene rings is 1.